The van der Waals surface area contributed by atoms with Crippen molar-refractivity contribution < 1.29 is 18.6 Å². The summed E-state index contributed by atoms with van der Waals surface area (Å²) in [4.78, 5) is 0. The number of ether oxygens (including phenoxy) is 3. The third kappa shape index (κ3) is 3.15. The summed E-state index contributed by atoms with van der Waals surface area (Å²) in [5.41, 5.74) is 4.17. The van der Waals surface area contributed by atoms with Crippen LogP contribution in [0, 0.1) is 5.82 Å². The van der Waals surface area contributed by atoms with Crippen LogP contribution in [0.25, 0.3) is 11.1 Å². The van der Waals surface area contributed by atoms with Crippen LogP contribution in [0.1, 0.15) is 11.1 Å². The molecule has 4 rings (SSSR count). The second kappa shape index (κ2) is 6.48. The van der Waals surface area contributed by atoms with Gasteiger partial charge in [0.05, 0.1) is 7.11 Å². The van der Waals surface area contributed by atoms with Crippen LogP contribution in [-0.2, 0) is 6.42 Å². The minimum Gasteiger partial charge on any atom is -0.496 e. The molecule has 4 heteroatoms. The van der Waals surface area contributed by atoms with Crippen molar-refractivity contribution >= 4 is 0 Å². The van der Waals surface area contributed by atoms with Gasteiger partial charge in [0.1, 0.15) is 11.6 Å². The Kier molecular flexibility index (Phi) is 4.02. The van der Waals surface area contributed by atoms with E-state index >= 15 is 0 Å². The molecule has 1 heterocycles. The Labute approximate surface area is 145 Å². The summed E-state index contributed by atoms with van der Waals surface area (Å²) in [5.74, 6) is 2.06. The zero-order chi connectivity index (χ0) is 17.2. The Bertz CT molecular complexity index is 904. The average molecular weight is 336 g/mol. The van der Waals surface area contributed by atoms with E-state index in [4.69, 9.17) is 14.2 Å². The molecule has 0 spiro atoms. The first-order valence-electron chi connectivity index (χ1n) is 8.04. The lowest BCUT2D eigenvalue weighted by molar-refractivity contribution is 0.174. The molecule has 0 saturated heterocycles. The van der Waals surface area contributed by atoms with Crippen LogP contribution in [0.3, 0.4) is 0 Å². The Morgan fingerprint density at radius 3 is 2.44 bits per heavy atom. The van der Waals surface area contributed by atoms with Gasteiger partial charge in [-0.1, -0.05) is 24.3 Å². The zero-order valence-corrected chi connectivity index (χ0v) is 13.8. The molecule has 0 radical (unpaired) electrons. The van der Waals surface area contributed by atoms with Crippen molar-refractivity contribution in [3.05, 3.63) is 77.6 Å². The molecule has 0 saturated carbocycles. The minimum atomic E-state index is -0.223. The SMILES string of the molecule is COc1ccc(Cc2ccc(F)cc2)cc1-c1ccc2c(c1)OCO2. The average Bonchev–Trinajstić information content (AvgIpc) is 3.11. The molecule has 0 bridgehead atoms. The Hall–Kier alpha value is -3.01. The van der Waals surface area contributed by atoms with E-state index in [-0.39, 0.29) is 12.6 Å². The molecule has 1 aliphatic rings. The summed E-state index contributed by atoms with van der Waals surface area (Å²) in [6.45, 7) is 0.251. The second-order valence-corrected chi connectivity index (χ2v) is 5.91. The molecule has 1 aliphatic heterocycles. The Balaban J connectivity index is 1.70. The smallest absolute Gasteiger partial charge is 0.231 e. The first-order valence-corrected chi connectivity index (χ1v) is 8.04. The summed E-state index contributed by atoms with van der Waals surface area (Å²) in [6.07, 6.45) is 0.724. The van der Waals surface area contributed by atoms with Crippen LogP contribution in [-0.4, -0.2) is 13.9 Å². The highest BCUT2D eigenvalue weighted by molar-refractivity contribution is 5.74. The lowest BCUT2D eigenvalue weighted by atomic mass is 9.98. The quantitative estimate of drug-likeness (QED) is 0.683. The van der Waals surface area contributed by atoms with Crippen molar-refractivity contribution in [2.75, 3.05) is 13.9 Å². The maximum Gasteiger partial charge on any atom is 0.231 e. The van der Waals surface area contributed by atoms with Crippen LogP contribution < -0.4 is 14.2 Å². The highest BCUT2D eigenvalue weighted by Crippen LogP contribution is 2.39. The fraction of sp³-hybridized carbons (Fsp3) is 0.143. The van der Waals surface area contributed by atoms with Crippen LogP contribution >= 0.6 is 0 Å². The molecular weight excluding hydrogens is 319 g/mol. The largest absolute Gasteiger partial charge is 0.496 e. The monoisotopic (exact) mass is 336 g/mol. The Morgan fingerprint density at radius 2 is 1.64 bits per heavy atom. The van der Waals surface area contributed by atoms with E-state index in [9.17, 15) is 4.39 Å². The van der Waals surface area contributed by atoms with E-state index in [0.717, 1.165) is 45.9 Å². The van der Waals surface area contributed by atoms with E-state index in [1.54, 1.807) is 19.2 Å². The lowest BCUT2D eigenvalue weighted by Crippen LogP contribution is -1.93. The zero-order valence-electron chi connectivity index (χ0n) is 13.8. The van der Waals surface area contributed by atoms with Gasteiger partial charge in [0, 0.05) is 5.56 Å². The van der Waals surface area contributed by atoms with Crippen molar-refractivity contribution in [1.29, 1.82) is 0 Å². The number of hydrogen-bond acceptors (Lipinski definition) is 3. The maximum atomic E-state index is 13.1. The van der Waals surface area contributed by atoms with Crippen LogP contribution in [0.5, 0.6) is 17.2 Å². The van der Waals surface area contributed by atoms with E-state index in [0.29, 0.717) is 0 Å². The molecule has 0 aliphatic carbocycles. The first-order chi connectivity index (χ1) is 12.2. The second-order valence-electron chi connectivity index (χ2n) is 5.91. The summed E-state index contributed by atoms with van der Waals surface area (Å²) >= 11 is 0. The first kappa shape index (κ1) is 15.5. The van der Waals surface area contributed by atoms with E-state index < -0.39 is 0 Å². The molecule has 0 N–H and O–H groups in total. The van der Waals surface area contributed by atoms with Gasteiger partial charge >= 0.3 is 0 Å². The maximum absolute atomic E-state index is 13.1. The molecule has 0 unspecified atom stereocenters. The van der Waals surface area contributed by atoms with Gasteiger partial charge in [-0.2, -0.15) is 0 Å². The normalized spacial score (nSPS) is 12.2. The minimum absolute atomic E-state index is 0.223. The van der Waals surface area contributed by atoms with Crippen molar-refractivity contribution in [3.8, 4) is 28.4 Å². The molecule has 0 fully saturated rings. The molecule has 3 nitrogen and oxygen atoms in total. The topological polar surface area (TPSA) is 27.7 Å². The third-order valence-electron chi connectivity index (χ3n) is 4.27. The van der Waals surface area contributed by atoms with E-state index in [1.165, 1.54) is 12.1 Å². The van der Waals surface area contributed by atoms with Gasteiger partial charge in [0.15, 0.2) is 11.5 Å². The van der Waals surface area contributed by atoms with Crippen LogP contribution in [0.15, 0.2) is 60.7 Å². The molecular formula is C21H17FO3. The highest BCUT2D eigenvalue weighted by Gasteiger charge is 2.16. The molecule has 126 valence electrons. The van der Waals surface area contributed by atoms with Crippen molar-refractivity contribution in [3.63, 3.8) is 0 Å². The molecule has 3 aromatic rings. The third-order valence-corrected chi connectivity index (χ3v) is 4.27. The van der Waals surface area contributed by atoms with Crippen molar-refractivity contribution in [2.24, 2.45) is 0 Å². The van der Waals surface area contributed by atoms with Gasteiger partial charge in [0.2, 0.25) is 6.79 Å². The van der Waals surface area contributed by atoms with Gasteiger partial charge in [0.25, 0.3) is 0 Å². The van der Waals surface area contributed by atoms with Crippen LogP contribution in [0.4, 0.5) is 4.39 Å². The van der Waals surface area contributed by atoms with Gasteiger partial charge in [-0.05, 0) is 59.5 Å². The standard InChI is InChI=1S/C21H17FO3/c1-23-19-8-4-15(10-14-2-6-17(22)7-3-14)11-18(19)16-5-9-20-21(12-16)25-13-24-20/h2-9,11-12H,10,13H2,1H3. The summed E-state index contributed by atoms with van der Waals surface area (Å²) in [6, 6.07) is 18.5. The Morgan fingerprint density at radius 1 is 0.880 bits per heavy atom. The summed E-state index contributed by atoms with van der Waals surface area (Å²) < 4.78 is 29.4. The van der Waals surface area contributed by atoms with E-state index in [1.807, 2.05) is 30.3 Å². The number of fused-ring (bicyclic) bond motifs is 1. The van der Waals surface area contributed by atoms with Crippen molar-refractivity contribution in [2.45, 2.75) is 6.42 Å². The summed E-state index contributed by atoms with van der Waals surface area (Å²) in [5, 5.41) is 0. The highest BCUT2D eigenvalue weighted by atomic mass is 19.1. The number of halogens is 1. The number of benzene rings is 3. The van der Waals surface area contributed by atoms with Crippen LogP contribution in [0.2, 0.25) is 0 Å². The molecule has 0 amide bonds. The summed E-state index contributed by atoms with van der Waals surface area (Å²) in [7, 11) is 1.66. The fourth-order valence-corrected chi connectivity index (χ4v) is 2.99. The van der Waals surface area contributed by atoms with Gasteiger partial charge in [-0.15, -0.1) is 0 Å². The molecule has 3 aromatic carbocycles. The predicted octanol–water partition coefficient (Wildman–Crippen LogP) is 4.82. The fourth-order valence-electron chi connectivity index (χ4n) is 2.99. The molecule has 25 heavy (non-hydrogen) atoms. The van der Waals surface area contributed by atoms with Gasteiger partial charge < -0.3 is 14.2 Å². The number of rotatable bonds is 4. The van der Waals surface area contributed by atoms with Gasteiger partial charge in [-0.25, -0.2) is 4.39 Å². The molecule has 0 atom stereocenters. The molecule has 0 aromatic heterocycles. The van der Waals surface area contributed by atoms with Gasteiger partial charge in [-0.3, -0.25) is 0 Å². The number of methoxy groups -OCH3 is 1. The van der Waals surface area contributed by atoms with Crippen molar-refractivity contribution in [1.82, 2.24) is 0 Å². The number of hydrogen-bond donors (Lipinski definition) is 0. The lowest BCUT2D eigenvalue weighted by Gasteiger charge is -2.12. The van der Waals surface area contributed by atoms with E-state index in [2.05, 4.69) is 6.07 Å². The predicted molar refractivity (Wildman–Crippen MR) is 93.8 cm³/mol.